The zero-order chi connectivity index (χ0) is 7.82. The van der Waals surface area contributed by atoms with E-state index < -0.39 is 0 Å². The molecule has 0 bridgehead atoms. The summed E-state index contributed by atoms with van der Waals surface area (Å²) in [6.45, 7) is 3.69. The van der Waals surface area contributed by atoms with Crippen LogP contribution >= 0.6 is 0 Å². The van der Waals surface area contributed by atoms with Crippen LogP contribution in [0.4, 0.5) is 0 Å². The van der Waals surface area contributed by atoms with Crippen molar-refractivity contribution < 1.29 is 0 Å². The van der Waals surface area contributed by atoms with Crippen LogP contribution in [0.5, 0.6) is 0 Å². The summed E-state index contributed by atoms with van der Waals surface area (Å²) in [5, 5.41) is 3.15. The molecule has 4 heteroatoms. The highest BCUT2D eigenvalue weighted by atomic mass is 14.9. The van der Waals surface area contributed by atoms with Gasteiger partial charge in [0.2, 0.25) is 0 Å². The molecule has 0 unspecified atom stereocenters. The van der Waals surface area contributed by atoms with E-state index in [4.69, 9.17) is 17.2 Å². The second-order valence-electron chi connectivity index (χ2n) is 2.33. The second-order valence-corrected chi connectivity index (χ2v) is 2.33. The number of nitrogens with two attached hydrogens (primary N) is 3. The van der Waals surface area contributed by atoms with Gasteiger partial charge in [-0.15, -0.1) is 0 Å². The van der Waals surface area contributed by atoms with Crippen molar-refractivity contribution in [1.82, 2.24) is 5.32 Å². The predicted molar refractivity (Wildman–Crippen MR) is 43.5 cm³/mol. The summed E-state index contributed by atoms with van der Waals surface area (Å²) in [5.74, 6) is 0.395. The quantitative estimate of drug-likeness (QED) is 0.328. The van der Waals surface area contributed by atoms with Crippen LogP contribution in [-0.2, 0) is 0 Å². The number of hydrogen-bond donors (Lipinski definition) is 4. The Morgan fingerprint density at radius 3 is 2.10 bits per heavy atom. The minimum absolute atomic E-state index is 0.395. The first-order chi connectivity index (χ1) is 4.85. The molecular weight excluding hydrogens is 128 g/mol. The lowest BCUT2D eigenvalue weighted by molar-refractivity contribution is 0.497. The maximum Gasteiger partial charge on any atom is 0.00746 e. The first-order valence-corrected chi connectivity index (χ1v) is 3.66. The molecule has 0 saturated carbocycles. The van der Waals surface area contributed by atoms with E-state index in [2.05, 4.69) is 5.32 Å². The smallest absolute Gasteiger partial charge is 0.00746 e. The SMILES string of the molecule is NCCNCC(CN)CN. The Kier molecular flexibility index (Phi) is 6.84. The van der Waals surface area contributed by atoms with Gasteiger partial charge in [0.15, 0.2) is 0 Å². The van der Waals surface area contributed by atoms with Crippen molar-refractivity contribution >= 4 is 0 Å². The highest BCUT2D eigenvalue weighted by Gasteiger charge is 2.00. The van der Waals surface area contributed by atoms with Crippen LogP contribution < -0.4 is 22.5 Å². The lowest BCUT2D eigenvalue weighted by Crippen LogP contribution is -2.35. The summed E-state index contributed by atoms with van der Waals surface area (Å²) < 4.78 is 0. The van der Waals surface area contributed by atoms with E-state index >= 15 is 0 Å². The summed E-state index contributed by atoms with van der Waals surface area (Å²) in [7, 11) is 0. The molecule has 0 spiro atoms. The van der Waals surface area contributed by atoms with Gasteiger partial charge in [-0.1, -0.05) is 0 Å². The molecule has 0 fully saturated rings. The molecule has 0 aromatic carbocycles. The van der Waals surface area contributed by atoms with E-state index in [0.29, 0.717) is 25.6 Å². The van der Waals surface area contributed by atoms with Gasteiger partial charge in [0.05, 0.1) is 0 Å². The van der Waals surface area contributed by atoms with Gasteiger partial charge in [0.25, 0.3) is 0 Å². The first kappa shape index (κ1) is 9.84. The van der Waals surface area contributed by atoms with Gasteiger partial charge >= 0.3 is 0 Å². The maximum atomic E-state index is 5.41. The van der Waals surface area contributed by atoms with Crippen molar-refractivity contribution in [3.05, 3.63) is 0 Å². The Hall–Kier alpha value is -0.160. The van der Waals surface area contributed by atoms with Crippen molar-refractivity contribution in [1.29, 1.82) is 0 Å². The zero-order valence-electron chi connectivity index (χ0n) is 6.34. The molecule has 0 aliphatic carbocycles. The van der Waals surface area contributed by atoms with Crippen molar-refractivity contribution in [3.63, 3.8) is 0 Å². The van der Waals surface area contributed by atoms with Crippen molar-refractivity contribution in [2.45, 2.75) is 0 Å². The highest BCUT2D eigenvalue weighted by Crippen LogP contribution is 1.85. The summed E-state index contributed by atoms with van der Waals surface area (Å²) in [6.07, 6.45) is 0. The van der Waals surface area contributed by atoms with E-state index in [1.54, 1.807) is 0 Å². The Balaban J connectivity index is 3.09. The Labute approximate surface area is 62.1 Å². The summed E-state index contributed by atoms with van der Waals surface area (Å²) >= 11 is 0. The standard InChI is InChI=1S/C6H18N4/c7-1-2-10-5-6(3-8)4-9/h6,10H,1-5,7-9H2. The van der Waals surface area contributed by atoms with Crippen LogP contribution in [0.25, 0.3) is 0 Å². The minimum atomic E-state index is 0.395. The minimum Gasteiger partial charge on any atom is -0.330 e. The van der Waals surface area contributed by atoms with Crippen molar-refractivity contribution in [2.24, 2.45) is 23.1 Å². The maximum absolute atomic E-state index is 5.41. The lowest BCUT2D eigenvalue weighted by atomic mass is 10.1. The fraction of sp³-hybridized carbons (Fsp3) is 1.00. The highest BCUT2D eigenvalue weighted by molar-refractivity contribution is 4.63. The van der Waals surface area contributed by atoms with Crippen LogP contribution in [0.15, 0.2) is 0 Å². The van der Waals surface area contributed by atoms with E-state index in [1.165, 1.54) is 0 Å². The molecule has 10 heavy (non-hydrogen) atoms. The third-order valence-corrected chi connectivity index (χ3v) is 1.42. The van der Waals surface area contributed by atoms with E-state index in [1.807, 2.05) is 0 Å². The molecule has 62 valence electrons. The average molecular weight is 146 g/mol. The largest absolute Gasteiger partial charge is 0.330 e. The Bertz CT molecular complexity index is 62.8. The van der Waals surface area contributed by atoms with Crippen LogP contribution in [0, 0.1) is 5.92 Å². The molecule has 0 atom stereocenters. The summed E-state index contributed by atoms with van der Waals surface area (Å²) in [4.78, 5) is 0. The van der Waals surface area contributed by atoms with Crippen molar-refractivity contribution in [3.8, 4) is 0 Å². The Morgan fingerprint density at radius 2 is 1.70 bits per heavy atom. The third kappa shape index (κ3) is 4.69. The van der Waals surface area contributed by atoms with Crippen LogP contribution in [0.3, 0.4) is 0 Å². The molecule has 0 aromatic rings. The van der Waals surface area contributed by atoms with E-state index in [0.717, 1.165) is 13.1 Å². The van der Waals surface area contributed by atoms with Gasteiger partial charge < -0.3 is 22.5 Å². The molecule has 0 amide bonds. The molecule has 4 nitrogen and oxygen atoms in total. The third-order valence-electron chi connectivity index (χ3n) is 1.42. The van der Waals surface area contributed by atoms with Gasteiger partial charge in [-0.25, -0.2) is 0 Å². The fourth-order valence-corrected chi connectivity index (χ4v) is 0.671. The van der Waals surface area contributed by atoms with Gasteiger partial charge in [-0.2, -0.15) is 0 Å². The van der Waals surface area contributed by atoms with Gasteiger partial charge in [-0.3, -0.25) is 0 Å². The molecule has 0 rings (SSSR count). The first-order valence-electron chi connectivity index (χ1n) is 3.66. The van der Waals surface area contributed by atoms with Crippen LogP contribution in [0.1, 0.15) is 0 Å². The van der Waals surface area contributed by atoms with Gasteiger partial charge in [-0.05, 0) is 19.0 Å². The zero-order valence-corrected chi connectivity index (χ0v) is 6.34. The number of nitrogens with one attached hydrogen (secondary N) is 1. The normalized spacial score (nSPS) is 10.8. The average Bonchev–Trinajstić information content (AvgIpc) is 1.99. The molecule has 0 heterocycles. The summed E-state index contributed by atoms with van der Waals surface area (Å²) in [6, 6.07) is 0. The molecule has 0 aliphatic heterocycles. The fourth-order valence-electron chi connectivity index (χ4n) is 0.671. The Morgan fingerprint density at radius 1 is 1.10 bits per heavy atom. The topological polar surface area (TPSA) is 90.1 Å². The predicted octanol–water partition coefficient (Wildman–Crippen LogP) is -1.93. The molecule has 0 radical (unpaired) electrons. The van der Waals surface area contributed by atoms with Crippen LogP contribution in [-0.4, -0.2) is 32.7 Å². The van der Waals surface area contributed by atoms with Crippen LogP contribution in [0.2, 0.25) is 0 Å². The number of hydrogen-bond acceptors (Lipinski definition) is 4. The van der Waals surface area contributed by atoms with Gasteiger partial charge in [0, 0.05) is 19.6 Å². The molecule has 0 saturated heterocycles. The monoisotopic (exact) mass is 146 g/mol. The summed E-state index contributed by atoms with van der Waals surface area (Å²) in [5.41, 5.74) is 16.1. The van der Waals surface area contributed by atoms with E-state index in [9.17, 15) is 0 Å². The van der Waals surface area contributed by atoms with E-state index in [-0.39, 0.29) is 0 Å². The van der Waals surface area contributed by atoms with Crippen molar-refractivity contribution in [2.75, 3.05) is 32.7 Å². The molecular formula is C6H18N4. The lowest BCUT2D eigenvalue weighted by Gasteiger charge is -2.11. The second kappa shape index (κ2) is 6.95. The molecule has 0 aliphatic rings. The molecule has 7 N–H and O–H groups in total. The van der Waals surface area contributed by atoms with Gasteiger partial charge in [0.1, 0.15) is 0 Å². The molecule has 0 aromatic heterocycles. The number of rotatable bonds is 6.